The highest BCUT2D eigenvalue weighted by atomic mass is 79.9. The summed E-state index contributed by atoms with van der Waals surface area (Å²) in [7, 11) is 8.24. The van der Waals surface area contributed by atoms with Crippen LogP contribution in [0.3, 0.4) is 0 Å². The molecule has 0 aliphatic carbocycles. The number of likely N-dealkylation sites (N-methyl/N-ethyl adjacent to an activating group) is 1. The van der Waals surface area contributed by atoms with Crippen molar-refractivity contribution in [1.29, 1.82) is 0 Å². The van der Waals surface area contributed by atoms with Crippen molar-refractivity contribution in [2.24, 2.45) is 5.73 Å². The van der Waals surface area contributed by atoms with Crippen molar-refractivity contribution in [2.45, 2.75) is 19.0 Å². The van der Waals surface area contributed by atoms with Gasteiger partial charge in [-0.05, 0) is 57.1 Å². The molecule has 0 saturated carbocycles. The van der Waals surface area contributed by atoms with Gasteiger partial charge in [-0.2, -0.15) is 5.10 Å². The third-order valence-corrected chi connectivity index (χ3v) is 3.44. The first kappa shape index (κ1) is 15.6. The van der Waals surface area contributed by atoms with Gasteiger partial charge < -0.3 is 15.5 Å². The molecular formula is C12H24BrN5. The highest BCUT2D eigenvalue weighted by molar-refractivity contribution is 9.10. The summed E-state index contributed by atoms with van der Waals surface area (Å²) in [6.45, 7) is 2.80. The molecular weight excluding hydrogens is 294 g/mol. The molecule has 18 heavy (non-hydrogen) atoms. The molecule has 0 radical (unpaired) electrons. The van der Waals surface area contributed by atoms with E-state index in [1.807, 2.05) is 10.9 Å². The lowest BCUT2D eigenvalue weighted by atomic mass is 10.1. The van der Waals surface area contributed by atoms with Gasteiger partial charge in [-0.3, -0.25) is 4.68 Å². The first-order chi connectivity index (χ1) is 8.41. The number of nitrogens with two attached hydrogens (primary N) is 1. The van der Waals surface area contributed by atoms with Crippen LogP contribution in [0.4, 0.5) is 0 Å². The lowest BCUT2D eigenvalue weighted by Gasteiger charge is -2.18. The van der Waals surface area contributed by atoms with Crippen molar-refractivity contribution in [2.75, 3.05) is 41.3 Å². The largest absolute Gasteiger partial charge is 0.323 e. The molecule has 0 saturated heterocycles. The van der Waals surface area contributed by atoms with Gasteiger partial charge in [0.1, 0.15) is 0 Å². The summed E-state index contributed by atoms with van der Waals surface area (Å²) < 4.78 is 3.01. The van der Waals surface area contributed by atoms with Crippen molar-refractivity contribution >= 4 is 15.9 Å². The summed E-state index contributed by atoms with van der Waals surface area (Å²) in [5, 5.41) is 4.39. The van der Waals surface area contributed by atoms with Gasteiger partial charge in [0, 0.05) is 12.6 Å². The van der Waals surface area contributed by atoms with Crippen LogP contribution in [0.5, 0.6) is 0 Å². The predicted molar refractivity (Wildman–Crippen MR) is 78.6 cm³/mol. The van der Waals surface area contributed by atoms with Gasteiger partial charge in [-0.15, -0.1) is 0 Å². The Morgan fingerprint density at radius 1 is 1.28 bits per heavy atom. The Labute approximate surface area is 118 Å². The summed E-state index contributed by atoms with van der Waals surface area (Å²) in [6, 6.07) is 0.0198. The second-order valence-electron chi connectivity index (χ2n) is 5.10. The third kappa shape index (κ3) is 4.68. The molecule has 2 N–H and O–H groups in total. The number of hydrogen-bond donors (Lipinski definition) is 1. The molecule has 1 aromatic rings. The fourth-order valence-electron chi connectivity index (χ4n) is 1.75. The maximum absolute atomic E-state index is 6.26. The number of hydrogen-bond acceptors (Lipinski definition) is 4. The fourth-order valence-corrected chi connectivity index (χ4v) is 2.34. The molecule has 0 spiro atoms. The Morgan fingerprint density at radius 2 is 1.89 bits per heavy atom. The molecule has 0 aliphatic heterocycles. The van der Waals surface area contributed by atoms with Crippen molar-refractivity contribution < 1.29 is 0 Å². The predicted octanol–water partition coefficient (Wildman–Crippen LogP) is 1.16. The van der Waals surface area contributed by atoms with Gasteiger partial charge in [0.2, 0.25) is 0 Å². The van der Waals surface area contributed by atoms with Gasteiger partial charge in [0.05, 0.1) is 22.9 Å². The first-order valence-electron chi connectivity index (χ1n) is 6.18. The van der Waals surface area contributed by atoms with Crippen molar-refractivity contribution in [3.05, 3.63) is 16.4 Å². The number of nitrogens with zero attached hydrogens (tertiary/aromatic N) is 4. The summed E-state index contributed by atoms with van der Waals surface area (Å²) in [5.41, 5.74) is 7.36. The Balaban J connectivity index is 2.70. The molecule has 0 amide bonds. The molecule has 0 bridgehead atoms. The Hall–Kier alpha value is -0.430. The minimum Gasteiger partial charge on any atom is -0.323 e. The van der Waals surface area contributed by atoms with Crippen LogP contribution in [-0.2, 0) is 6.54 Å². The fraction of sp³-hybridized carbons (Fsp3) is 0.750. The second kappa shape index (κ2) is 7.23. The van der Waals surface area contributed by atoms with E-state index in [2.05, 4.69) is 59.0 Å². The highest BCUT2D eigenvalue weighted by Gasteiger charge is 2.16. The number of rotatable bonds is 7. The normalized spacial score (nSPS) is 13.6. The molecule has 0 fully saturated rings. The molecule has 104 valence electrons. The standard InChI is InChI=1S/C12H24BrN5/c1-16(2)6-5-11(14)12-10(13)9-15-18(12)8-7-17(3)4/h9,11H,5-8,14H2,1-4H3. The van der Waals surface area contributed by atoms with E-state index in [9.17, 15) is 0 Å². The molecule has 6 heteroatoms. The molecule has 1 aromatic heterocycles. The SMILES string of the molecule is CN(C)CCC(N)c1c(Br)cnn1CCN(C)C. The Bertz CT molecular complexity index is 361. The quantitative estimate of drug-likeness (QED) is 0.820. The van der Waals surface area contributed by atoms with E-state index in [4.69, 9.17) is 5.73 Å². The molecule has 0 aromatic carbocycles. The maximum atomic E-state index is 6.26. The highest BCUT2D eigenvalue weighted by Crippen LogP contribution is 2.23. The molecule has 0 aliphatic rings. The van der Waals surface area contributed by atoms with Crippen molar-refractivity contribution in [1.82, 2.24) is 19.6 Å². The lowest BCUT2D eigenvalue weighted by molar-refractivity contribution is 0.354. The smallest absolute Gasteiger partial charge is 0.0694 e. The van der Waals surface area contributed by atoms with Crippen LogP contribution in [0.1, 0.15) is 18.2 Å². The van der Waals surface area contributed by atoms with Crippen LogP contribution in [0.25, 0.3) is 0 Å². The molecule has 1 heterocycles. The topological polar surface area (TPSA) is 50.3 Å². The van der Waals surface area contributed by atoms with E-state index < -0.39 is 0 Å². The average molecular weight is 318 g/mol. The van der Waals surface area contributed by atoms with Crippen LogP contribution in [0.15, 0.2) is 10.7 Å². The van der Waals surface area contributed by atoms with Gasteiger partial charge >= 0.3 is 0 Å². The minimum absolute atomic E-state index is 0.0198. The summed E-state index contributed by atoms with van der Waals surface area (Å²) in [4.78, 5) is 4.29. The average Bonchev–Trinajstić information content (AvgIpc) is 2.64. The van der Waals surface area contributed by atoms with E-state index in [0.29, 0.717) is 0 Å². The number of halogens is 1. The van der Waals surface area contributed by atoms with Crippen molar-refractivity contribution in [3.8, 4) is 0 Å². The van der Waals surface area contributed by atoms with E-state index >= 15 is 0 Å². The van der Waals surface area contributed by atoms with Crippen LogP contribution < -0.4 is 5.73 Å². The molecule has 1 atom stereocenters. The van der Waals surface area contributed by atoms with Gasteiger partial charge in [-0.25, -0.2) is 0 Å². The zero-order valence-electron chi connectivity index (χ0n) is 11.7. The summed E-state index contributed by atoms with van der Waals surface area (Å²) >= 11 is 3.54. The van der Waals surface area contributed by atoms with E-state index in [1.165, 1.54) is 0 Å². The minimum atomic E-state index is 0.0198. The van der Waals surface area contributed by atoms with Crippen LogP contribution >= 0.6 is 15.9 Å². The third-order valence-electron chi connectivity index (χ3n) is 2.83. The zero-order valence-corrected chi connectivity index (χ0v) is 13.3. The van der Waals surface area contributed by atoms with Gasteiger partial charge in [-0.1, -0.05) is 0 Å². The second-order valence-corrected chi connectivity index (χ2v) is 5.96. The number of aromatic nitrogens is 2. The van der Waals surface area contributed by atoms with Crippen LogP contribution in [0.2, 0.25) is 0 Å². The summed E-state index contributed by atoms with van der Waals surface area (Å²) in [6.07, 6.45) is 2.76. The maximum Gasteiger partial charge on any atom is 0.0694 e. The van der Waals surface area contributed by atoms with Crippen molar-refractivity contribution in [3.63, 3.8) is 0 Å². The molecule has 1 rings (SSSR count). The van der Waals surface area contributed by atoms with Crippen LogP contribution in [-0.4, -0.2) is 60.9 Å². The Kier molecular flexibility index (Phi) is 6.28. The van der Waals surface area contributed by atoms with Gasteiger partial charge in [0.15, 0.2) is 0 Å². The van der Waals surface area contributed by atoms with Gasteiger partial charge in [0.25, 0.3) is 0 Å². The molecule has 5 nitrogen and oxygen atoms in total. The lowest BCUT2D eigenvalue weighted by Crippen LogP contribution is -2.25. The first-order valence-corrected chi connectivity index (χ1v) is 6.97. The van der Waals surface area contributed by atoms with E-state index in [0.717, 1.165) is 36.2 Å². The zero-order chi connectivity index (χ0) is 13.7. The monoisotopic (exact) mass is 317 g/mol. The Morgan fingerprint density at radius 3 is 2.44 bits per heavy atom. The van der Waals surface area contributed by atoms with E-state index in [1.54, 1.807) is 0 Å². The van der Waals surface area contributed by atoms with Crippen LogP contribution in [0, 0.1) is 0 Å². The molecule has 1 unspecified atom stereocenters. The van der Waals surface area contributed by atoms with E-state index in [-0.39, 0.29) is 6.04 Å². The summed E-state index contributed by atoms with van der Waals surface area (Å²) in [5.74, 6) is 0.